The minimum atomic E-state index is 0.394. The van der Waals surface area contributed by atoms with Gasteiger partial charge in [0.2, 0.25) is 0 Å². The van der Waals surface area contributed by atoms with Crippen molar-refractivity contribution in [2.24, 2.45) is 0 Å². The van der Waals surface area contributed by atoms with Crippen molar-refractivity contribution in [2.45, 2.75) is 0 Å². The van der Waals surface area contributed by atoms with Crippen LogP contribution in [0.1, 0.15) is 5.56 Å². The fourth-order valence-corrected chi connectivity index (χ4v) is 12.6. The number of nitrogens with zero attached hydrogens (tertiary/aromatic N) is 10. The standard InChI is InChI=1S/C80H44N10/c1-82-67-29-16-13-26-59(67)53-35-40-71-63(45-53)64-46-54(60-27-14-17-30-68(60)83-2)36-41-72(64)89(71)75-43-38-56(80-87-78(50-20-7-5-8-21-50)86-79(88-80)51-22-9-6-10-23-51)48-66(75)77-70(85-4)32-19-33-76(77)90-73-39-34-52(58-25-12-11-24-57(58)49-81)44-62(73)65-47-55(37-42-74(65)90)61-28-15-18-31-69(61)84-3/h5-48H. The van der Waals surface area contributed by atoms with Gasteiger partial charge in [-0.3, -0.25) is 0 Å². The van der Waals surface area contributed by atoms with E-state index >= 15 is 0 Å². The molecule has 0 spiro atoms. The predicted molar refractivity (Wildman–Crippen MR) is 362 cm³/mol. The first-order valence-corrected chi connectivity index (χ1v) is 29.0. The lowest BCUT2D eigenvalue weighted by molar-refractivity contribution is 1.07. The Morgan fingerprint density at radius 2 is 0.644 bits per heavy atom. The van der Waals surface area contributed by atoms with Gasteiger partial charge in [-0.25, -0.2) is 34.3 Å². The molecule has 0 saturated carbocycles. The zero-order valence-corrected chi connectivity index (χ0v) is 47.9. The Bertz CT molecular complexity index is 5400. The molecular formula is C80H44N10. The van der Waals surface area contributed by atoms with E-state index in [1.165, 1.54) is 0 Å². The van der Waals surface area contributed by atoms with Crippen LogP contribution in [-0.2, 0) is 0 Å². The zero-order chi connectivity index (χ0) is 60.8. The second-order valence-electron chi connectivity index (χ2n) is 21.7. The van der Waals surface area contributed by atoms with E-state index in [-0.39, 0.29) is 0 Å². The minimum absolute atomic E-state index is 0.394. The molecule has 0 radical (unpaired) electrons. The van der Waals surface area contributed by atoms with Crippen LogP contribution in [0.25, 0.3) is 164 Å². The monoisotopic (exact) mass is 1140 g/mol. The van der Waals surface area contributed by atoms with E-state index in [0.717, 1.165) is 111 Å². The first-order valence-electron chi connectivity index (χ1n) is 29.0. The van der Waals surface area contributed by atoms with Crippen molar-refractivity contribution in [1.82, 2.24) is 24.1 Å². The molecule has 0 fully saturated rings. The number of nitriles is 1. The summed E-state index contributed by atoms with van der Waals surface area (Å²) in [5.74, 6) is 1.43. The molecule has 15 rings (SSSR count). The second kappa shape index (κ2) is 22.3. The van der Waals surface area contributed by atoms with Crippen LogP contribution in [0.5, 0.6) is 0 Å². The topological polar surface area (TPSA) is 89.8 Å². The number of aromatic nitrogens is 5. The fraction of sp³-hybridized carbons (Fsp3) is 0. The van der Waals surface area contributed by atoms with Gasteiger partial charge < -0.3 is 9.13 Å². The first-order chi connectivity index (χ1) is 44.4. The van der Waals surface area contributed by atoms with Crippen LogP contribution < -0.4 is 0 Å². The van der Waals surface area contributed by atoms with Gasteiger partial charge in [-0.05, 0) is 129 Å². The summed E-state index contributed by atoms with van der Waals surface area (Å²) >= 11 is 0. The third-order valence-corrected chi connectivity index (χ3v) is 16.7. The largest absolute Gasteiger partial charge is 0.310 e. The lowest BCUT2D eigenvalue weighted by Gasteiger charge is -2.21. The number of hydrogen-bond donors (Lipinski definition) is 0. The Labute approximate surface area is 518 Å². The van der Waals surface area contributed by atoms with Crippen molar-refractivity contribution in [1.29, 1.82) is 5.26 Å². The van der Waals surface area contributed by atoms with Crippen LogP contribution >= 0.6 is 0 Å². The highest BCUT2D eigenvalue weighted by atomic mass is 15.0. The van der Waals surface area contributed by atoms with Crippen molar-refractivity contribution in [3.63, 3.8) is 0 Å². The van der Waals surface area contributed by atoms with Crippen LogP contribution in [0.15, 0.2) is 267 Å². The van der Waals surface area contributed by atoms with Crippen LogP contribution in [0, 0.1) is 37.6 Å². The smallest absolute Gasteiger partial charge is 0.197 e. The molecule has 0 saturated heterocycles. The molecule has 12 aromatic carbocycles. The van der Waals surface area contributed by atoms with Crippen molar-refractivity contribution in [3.8, 4) is 107 Å². The van der Waals surface area contributed by atoms with Crippen molar-refractivity contribution in [2.75, 3.05) is 0 Å². The lowest BCUT2D eigenvalue weighted by Crippen LogP contribution is -2.04. The molecule has 90 heavy (non-hydrogen) atoms. The summed E-state index contributed by atoms with van der Waals surface area (Å²) in [6.07, 6.45) is 0. The summed E-state index contributed by atoms with van der Waals surface area (Å²) in [5, 5.41) is 14.0. The Hall–Kier alpha value is -13.3. The minimum Gasteiger partial charge on any atom is -0.310 e. The zero-order valence-electron chi connectivity index (χ0n) is 47.9. The summed E-state index contributed by atoms with van der Waals surface area (Å²) in [6.45, 7) is 33.6. The molecule has 15 aromatic rings. The van der Waals surface area contributed by atoms with Gasteiger partial charge in [-0.2, -0.15) is 5.26 Å². The van der Waals surface area contributed by atoms with E-state index in [0.29, 0.717) is 62.5 Å². The van der Waals surface area contributed by atoms with Gasteiger partial charge in [0, 0.05) is 49.5 Å². The third-order valence-electron chi connectivity index (χ3n) is 16.7. The highest BCUT2D eigenvalue weighted by Gasteiger charge is 2.26. The van der Waals surface area contributed by atoms with Gasteiger partial charge in [0.1, 0.15) is 0 Å². The van der Waals surface area contributed by atoms with E-state index in [1.807, 2.05) is 176 Å². The third kappa shape index (κ3) is 9.05. The maximum Gasteiger partial charge on any atom is 0.197 e. The van der Waals surface area contributed by atoms with E-state index in [1.54, 1.807) is 0 Å². The van der Waals surface area contributed by atoms with E-state index in [2.05, 4.69) is 126 Å². The van der Waals surface area contributed by atoms with Crippen molar-refractivity contribution >= 4 is 66.4 Å². The molecule has 0 amide bonds. The number of fused-ring (bicyclic) bond motifs is 6. The van der Waals surface area contributed by atoms with E-state index < -0.39 is 0 Å². The normalized spacial score (nSPS) is 11.1. The van der Waals surface area contributed by atoms with Gasteiger partial charge >= 0.3 is 0 Å². The van der Waals surface area contributed by atoms with Crippen molar-refractivity contribution < 1.29 is 0 Å². The molecule has 0 unspecified atom stereocenters. The van der Waals surface area contributed by atoms with E-state index in [4.69, 9.17) is 41.2 Å². The Kier molecular flexibility index (Phi) is 13.2. The first kappa shape index (κ1) is 53.4. The molecular weight excluding hydrogens is 1100 g/mol. The molecule has 0 aliphatic heterocycles. The number of benzene rings is 12. The molecule has 0 N–H and O–H groups in total. The number of para-hydroxylation sites is 3. The van der Waals surface area contributed by atoms with Crippen LogP contribution in [0.2, 0.25) is 0 Å². The molecule has 414 valence electrons. The summed E-state index contributed by atoms with van der Waals surface area (Å²) in [6, 6.07) is 90.1. The maximum atomic E-state index is 10.4. The van der Waals surface area contributed by atoms with Crippen LogP contribution in [0.3, 0.4) is 0 Å². The van der Waals surface area contributed by atoms with Crippen LogP contribution in [0.4, 0.5) is 22.7 Å². The van der Waals surface area contributed by atoms with Gasteiger partial charge in [-0.1, -0.05) is 188 Å². The Morgan fingerprint density at radius 3 is 1.08 bits per heavy atom. The molecule has 0 aliphatic rings. The number of rotatable bonds is 10. The predicted octanol–water partition coefficient (Wildman–Crippen LogP) is 21.5. The maximum absolute atomic E-state index is 10.4. The summed E-state index contributed by atoms with van der Waals surface area (Å²) < 4.78 is 4.49. The van der Waals surface area contributed by atoms with Gasteiger partial charge in [0.05, 0.1) is 65.7 Å². The van der Waals surface area contributed by atoms with E-state index in [9.17, 15) is 5.26 Å². The lowest BCUT2D eigenvalue weighted by atomic mass is 9.96. The highest BCUT2D eigenvalue weighted by molar-refractivity contribution is 6.15. The Morgan fingerprint density at radius 1 is 0.289 bits per heavy atom. The van der Waals surface area contributed by atoms with Gasteiger partial charge in [0.25, 0.3) is 0 Å². The fourth-order valence-electron chi connectivity index (χ4n) is 12.6. The molecule has 10 nitrogen and oxygen atoms in total. The quantitative estimate of drug-likeness (QED) is 0.128. The molecule has 3 heterocycles. The Balaban J connectivity index is 1.06. The molecule has 10 heteroatoms. The van der Waals surface area contributed by atoms with Crippen molar-refractivity contribution in [3.05, 3.63) is 318 Å². The second-order valence-corrected chi connectivity index (χ2v) is 21.7. The molecule has 0 atom stereocenters. The highest BCUT2D eigenvalue weighted by Crippen LogP contribution is 2.48. The average Bonchev–Trinajstić information content (AvgIpc) is 1.57. The molecule has 0 aliphatic carbocycles. The average molecular weight is 1150 g/mol. The summed E-state index contributed by atoms with van der Waals surface area (Å²) in [7, 11) is 0. The molecule has 3 aromatic heterocycles. The van der Waals surface area contributed by atoms with Gasteiger partial charge in [0.15, 0.2) is 40.2 Å². The SMILES string of the molecule is [C-]#[N+]c1ccccc1-c1ccc2c(c1)c1cc(-c3ccccc3[N+]#[C-])ccc1n2-c1ccc(-c2nc(-c3ccccc3)nc(-c3ccccc3)n2)cc1-c1c([N+]#[C-])cccc1-n1c2ccc(-c3ccccc3C#N)cc2c2cc(-c3ccccc3[N+]#[C-])ccc21. The molecule has 0 bridgehead atoms. The number of hydrogen-bond acceptors (Lipinski definition) is 4. The van der Waals surface area contributed by atoms with Gasteiger partial charge in [-0.15, -0.1) is 0 Å². The summed E-state index contributed by atoms with van der Waals surface area (Å²) in [4.78, 5) is 31.7. The van der Waals surface area contributed by atoms with Crippen LogP contribution in [-0.4, -0.2) is 24.1 Å². The summed E-state index contributed by atoms with van der Waals surface area (Å²) in [5.41, 5.74) is 17.9.